The first-order valence-corrected chi connectivity index (χ1v) is 7.67. The molecule has 3 rings (SSSR count). The smallest absolute Gasteiger partial charge is 0.356 e. The van der Waals surface area contributed by atoms with Gasteiger partial charge >= 0.3 is 5.97 Å². The average molecular weight is 313 g/mol. The Kier molecular flexibility index (Phi) is 4.41. The highest BCUT2D eigenvalue weighted by Crippen LogP contribution is 2.33. The fourth-order valence-corrected chi connectivity index (χ4v) is 2.98. The second-order valence-electron chi connectivity index (χ2n) is 5.66. The largest absolute Gasteiger partial charge is 0.451 e. The number of aromatic nitrogens is 2. The molecular formula is C17H19N3O3. The fourth-order valence-electron chi connectivity index (χ4n) is 2.98. The molecule has 1 aliphatic carbocycles. The van der Waals surface area contributed by atoms with Crippen molar-refractivity contribution in [3.8, 4) is 0 Å². The Bertz CT molecular complexity index is 697. The maximum Gasteiger partial charge on any atom is 0.356 e. The molecule has 1 atom stereocenters. The van der Waals surface area contributed by atoms with Gasteiger partial charge in [-0.3, -0.25) is 9.89 Å². The van der Waals surface area contributed by atoms with Crippen LogP contribution < -0.4 is 0 Å². The van der Waals surface area contributed by atoms with Crippen molar-refractivity contribution >= 4 is 11.9 Å². The lowest BCUT2D eigenvalue weighted by Crippen LogP contribution is -2.36. The van der Waals surface area contributed by atoms with Crippen molar-refractivity contribution in [3.05, 3.63) is 53.3 Å². The summed E-state index contributed by atoms with van der Waals surface area (Å²) in [4.78, 5) is 25.8. The van der Waals surface area contributed by atoms with Crippen LogP contribution in [0.15, 0.2) is 36.5 Å². The van der Waals surface area contributed by atoms with Crippen molar-refractivity contribution in [2.75, 3.05) is 13.7 Å². The van der Waals surface area contributed by atoms with Crippen LogP contribution in [-0.2, 0) is 16.0 Å². The van der Waals surface area contributed by atoms with Crippen LogP contribution in [0.25, 0.3) is 0 Å². The van der Waals surface area contributed by atoms with Crippen molar-refractivity contribution in [1.82, 2.24) is 15.1 Å². The summed E-state index contributed by atoms with van der Waals surface area (Å²) < 4.78 is 5.05. The third-order valence-corrected chi connectivity index (χ3v) is 4.25. The number of aromatic amines is 1. The minimum atomic E-state index is -0.576. The van der Waals surface area contributed by atoms with Crippen molar-refractivity contribution in [3.63, 3.8) is 0 Å². The topological polar surface area (TPSA) is 75.3 Å². The molecule has 0 spiro atoms. The highest BCUT2D eigenvalue weighted by atomic mass is 16.5. The fraction of sp³-hybridized carbons (Fsp3) is 0.353. The van der Waals surface area contributed by atoms with Crippen molar-refractivity contribution in [1.29, 1.82) is 0 Å². The molecule has 6 nitrogen and oxygen atoms in total. The van der Waals surface area contributed by atoms with Gasteiger partial charge in [-0.05, 0) is 36.5 Å². The first kappa shape index (κ1) is 15.3. The van der Waals surface area contributed by atoms with Crippen LogP contribution in [-0.4, -0.2) is 40.6 Å². The molecule has 1 amide bonds. The van der Waals surface area contributed by atoms with Gasteiger partial charge in [0, 0.05) is 13.2 Å². The minimum absolute atomic E-state index is 0.0401. The van der Waals surface area contributed by atoms with Gasteiger partial charge in [0.05, 0.1) is 6.04 Å². The number of ether oxygens (including phenoxy) is 1. The molecule has 0 fully saturated rings. The van der Waals surface area contributed by atoms with Crippen LogP contribution in [0.5, 0.6) is 0 Å². The summed E-state index contributed by atoms with van der Waals surface area (Å²) in [5.74, 6) is -0.784. The second kappa shape index (κ2) is 6.64. The Morgan fingerprint density at radius 3 is 2.96 bits per heavy atom. The monoisotopic (exact) mass is 313 g/mol. The van der Waals surface area contributed by atoms with Crippen LogP contribution in [0.4, 0.5) is 0 Å². The van der Waals surface area contributed by atoms with E-state index < -0.39 is 5.97 Å². The SMILES string of the molecule is CN(C(=O)COC(=O)c1ccn[nH]1)[C@H]1CCCc2ccccc21. The molecule has 2 aromatic rings. The summed E-state index contributed by atoms with van der Waals surface area (Å²) >= 11 is 0. The number of fused-ring (bicyclic) bond motifs is 1. The van der Waals surface area contributed by atoms with E-state index in [1.807, 2.05) is 12.1 Å². The molecule has 0 bridgehead atoms. The van der Waals surface area contributed by atoms with E-state index in [1.165, 1.54) is 23.4 Å². The number of rotatable bonds is 4. The standard InChI is InChI=1S/C17H19N3O3/c1-20(15-8-4-6-12-5-2-3-7-13(12)15)16(21)11-23-17(22)14-9-10-18-19-14/h2-3,5,7,9-10,15H,4,6,8,11H2,1H3,(H,18,19)/t15-/m0/s1. The first-order valence-electron chi connectivity index (χ1n) is 7.67. The van der Waals surface area contributed by atoms with E-state index in [-0.39, 0.29) is 24.2 Å². The molecule has 23 heavy (non-hydrogen) atoms. The third-order valence-electron chi connectivity index (χ3n) is 4.25. The zero-order chi connectivity index (χ0) is 16.2. The normalized spacial score (nSPS) is 16.5. The van der Waals surface area contributed by atoms with Crippen molar-refractivity contribution in [2.45, 2.75) is 25.3 Å². The van der Waals surface area contributed by atoms with Crippen LogP contribution >= 0.6 is 0 Å². The van der Waals surface area contributed by atoms with E-state index in [0.717, 1.165) is 19.3 Å². The molecule has 1 aliphatic rings. The Labute approximate surface area is 134 Å². The molecule has 0 aliphatic heterocycles. The van der Waals surface area contributed by atoms with Gasteiger partial charge in [-0.2, -0.15) is 5.10 Å². The number of likely N-dealkylation sites (N-methyl/N-ethyl adjacent to an activating group) is 1. The Balaban J connectivity index is 1.63. The second-order valence-corrected chi connectivity index (χ2v) is 5.66. The van der Waals surface area contributed by atoms with Gasteiger partial charge < -0.3 is 9.64 Å². The lowest BCUT2D eigenvalue weighted by Gasteiger charge is -2.33. The molecule has 1 aromatic heterocycles. The van der Waals surface area contributed by atoms with Crippen LogP contribution in [0.3, 0.4) is 0 Å². The molecule has 6 heteroatoms. The molecule has 0 saturated heterocycles. The predicted octanol–water partition coefficient (Wildman–Crippen LogP) is 2.10. The highest BCUT2D eigenvalue weighted by Gasteiger charge is 2.27. The van der Waals surface area contributed by atoms with Gasteiger partial charge in [0.25, 0.3) is 5.91 Å². The molecule has 120 valence electrons. The number of amides is 1. The zero-order valence-electron chi connectivity index (χ0n) is 13.0. The molecule has 1 aromatic carbocycles. The van der Waals surface area contributed by atoms with E-state index >= 15 is 0 Å². The Morgan fingerprint density at radius 2 is 2.17 bits per heavy atom. The van der Waals surface area contributed by atoms with Gasteiger partial charge in [-0.25, -0.2) is 4.79 Å². The quantitative estimate of drug-likeness (QED) is 0.877. The lowest BCUT2D eigenvalue weighted by molar-refractivity contribution is -0.135. The predicted molar refractivity (Wildman–Crippen MR) is 83.8 cm³/mol. The number of carbonyl (C=O) groups excluding carboxylic acids is 2. The third kappa shape index (κ3) is 3.26. The van der Waals surface area contributed by atoms with Crippen molar-refractivity contribution in [2.24, 2.45) is 0 Å². The van der Waals surface area contributed by atoms with Gasteiger partial charge in [-0.1, -0.05) is 24.3 Å². The van der Waals surface area contributed by atoms with Gasteiger partial charge in [0.15, 0.2) is 6.61 Å². The molecule has 0 saturated carbocycles. The molecule has 1 heterocycles. The average Bonchev–Trinajstić information content (AvgIpc) is 3.13. The zero-order valence-corrected chi connectivity index (χ0v) is 13.0. The Hall–Kier alpha value is -2.63. The number of hydrogen-bond donors (Lipinski definition) is 1. The molecule has 0 unspecified atom stereocenters. The number of nitrogens with one attached hydrogen (secondary N) is 1. The maximum atomic E-state index is 12.3. The number of esters is 1. The van der Waals surface area contributed by atoms with E-state index in [1.54, 1.807) is 11.9 Å². The number of nitrogens with zero attached hydrogens (tertiary/aromatic N) is 2. The van der Waals surface area contributed by atoms with Gasteiger partial charge in [-0.15, -0.1) is 0 Å². The number of aryl methyl sites for hydroxylation is 1. The first-order chi connectivity index (χ1) is 11.2. The molecule has 0 radical (unpaired) electrons. The maximum absolute atomic E-state index is 12.3. The summed E-state index contributed by atoms with van der Waals surface area (Å²) in [6, 6.07) is 9.74. The van der Waals surface area contributed by atoms with Crippen LogP contribution in [0.2, 0.25) is 0 Å². The summed E-state index contributed by atoms with van der Waals surface area (Å²) in [6.07, 6.45) is 4.48. The summed E-state index contributed by atoms with van der Waals surface area (Å²) in [5, 5.41) is 6.20. The van der Waals surface area contributed by atoms with Crippen LogP contribution in [0, 0.1) is 0 Å². The van der Waals surface area contributed by atoms with Gasteiger partial charge in [0.1, 0.15) is 5.69 Å². The van der Waals surface area contributed by atoms with E-state index in [4.69, 9.17) is 4.74 Å². The number of hydrogen-bond acceptors (Lipinski definition) is 4. The minimum Gasteiger partial charge on any atom is -0.451 e. The summed E-state index contributed by atoms with van der Waals surface area (Å²) in [5.41, 5.74) is 2.72. The number of H-pyrrole nitrogens is 1. The highest BCUT2D eigenvalue weighted by molar-refractivity contribution is 5.89. The molecular weight excluding hydrogens is 294 g/mol. The lowest BCUT2D eigenvalue weighted by atomic mass is 9.87. The van der Waals surface area contributed by atoms with E-state index in [2.05, 4.69) is 22.3 Å². The summed E-state index contributed by atoms with van der Waals surface area (Å²) in [6.45, 7) is -0.271. The van der Waals surface area contributed by atoms with E-state index in [0.29, 0.717) is 0 Å². The van der Waals surface area contributed by atoms with Crippen LogP contribution in [0.1, 0.15) is 40.5 Å². The summed E-state index contributed by atoms with van der Waals surface area (Å²) in [7, 11) is 1.76. The van der Waals surface area contributed by atoms with E-state index in [9.17, 15) is 9.59 Å². The number of carbonyl (C=O) groups is 2. The molecule has 1 N–H and O–H groups in total. The Morgan fingerprint density at radius 1 is 1.35 bits per heavy atom. The van der Waals surface area contributed by atoms with Gasteiger partial charge in [0.2, 0.25) is 0 Å². The van der Waals surface area contributed by atoms with Crippen molar-refractivity contribution < 1.29 is 14.3 Å². The number of benzene rings is 1.